The van der Waals surface area contributed by atoms with Gasteiger partial charge in [-0.15, -0.1) is 0 Å². The third kappa shape index (κ3) is 4.00. The minimum atomic E-state index is -2.90. The predicted molar refractivity (Wildman–Crippen MR) is 114 cm³/mol. The lowest BCUT2D eigenvalue weighted by atomic mass is 9.94. The van der Waals surface area contributed by atoms with E-state index in [0.717, 1.165) is 29.5 Å². The number of anilines is 1. The fourth-order valence-corrected chi connectivity index (χ4v) is 4.03. The minimum Gasteiger partial charge on any atom is -0.432 e. The van der Waals surface area contributed by atoms with Crippen molar-refractivity contribution < 1.29 is 18.3 Å². The summed E-state index contributed by atoms with van der Waals surface area (Å²) in [6.45, 7) is 5.40. The molecule has 0 bridgehead atoms. The molecule has 0 aromatic heterocycles. The molecule has 1 aliphatic carbocycles. The number of nitrogens with one attached hydrogen (secondary N) is 1. The summed E-state index contributed by atoms with van der Waals surface area (Å²) in [6.07, 6.45) is 2.07. The van der Waals surface area contributed by atoms with E-state index in [0.29, 0.717) is 23.8 Å². The number of ether oxygens (including phenoxy) is 1. The van der Waals surface area contributed by atoms with Gasteiger partial charge >= 0.3 is 6.61 Å². The second-order valence-electron chi connectivity index (χ2n) is 9.25. The van der Waals surface area contributed by atoms with Crippen LogP contribution in [0.3, 0.4) is 0 Å². The van der Waals surface area contributed by atoms with Crippen LogP contribution in [0.4, 0.5) is 14.5 Å². The number of hydrogen-bond acceptors (Lipinski definition) is 3. The quantitative estimate of drug-likeness (QED) is 0.654. The zero-order valence-electron chi connectivity index (χ0n) is 17.8. The number of amides is 1. The lowest BCUT2D eigenvalue weighted by molar-refractivity contribution is -0.141. The lowest BCUT2D eigenvalue weighted by Gasteiger charge is -2.29. The van der Waals surface area contributed by atoms with Crippen molar-refractivity contribution in [1.29, 1.82) is 0 Å². The summed E-state index contributed by atoms with van der Waals surface area (Å²) in [7, 11) is 0. The molecule has 0 saturated heterocycles. The van der Waals surface area contributed by atoms with Gasteiger partial charge in [0.1, 0.15) is 0 Å². The topological polar surface area (TPSA) is 41.6 Å². The van der Waals surface area contributed by atoms with Gasteiger partial charge in [-0.25, -0.2) is 0 Å². The van der Waals surface area contributed by atoms with Crippen molar-refractivity contribution in [3.63, 3.8) is 0 Å². The summed E-state index contributed by atoms with van der Waals surface area (Å²) in [5.74, 6) is 0.276. The van der Waals surface area contributed by atoms with Crippen LogP contribution in [0.25, 0.3) is 11.1 Å². The van der Waals surface area contributed by atoms with Crippen LogP contribution < -0.4 is 10.1 Å². The number of rotatable bonds is 5. The summed E-state index contributed by atoms with van der Waals surface area (Å²) in [5.41, 5.74) is 3.70. The normalized spacial score (nSPS) is 18.5. The number of carbonyl (C=O) groups is 1. The number of hydrogen-bond donors (Lipinski definition) is 1. The maximum absolute atomic E-state index is 13.2. The number of nitrogens with zero attached hydrogens (tertiary/aromatic N) is 1. The predicted octanol–water partition coefficient (Wildman–Crippen LogP) is 5.98. The van der Waals surface area contributed by atoms with Gasteiger partial charge in [0.25, 0.3) is 0 Å². The van der Waals surface area contributed by atoms with E-state index in [9.17, 15) is 13.6 Å². The van der Waals surface area contributed by atoms with Gasteiger partial charge in [0.05, 0.1) is 11.7 Å². The van der Waals surface area contributed by atoms with E-state index >= 15 is 0 Å². The molecule has 1 fully saturated rings. The highest BCUT2D eigenvalue weighted by molar-refractivity contribution is 5.83. The lowest BCUT2D eigenvalue weighted by Crippen LogP contribution is -2.37. The molecule has 1 N–H and O–H groups in total. The highest BCUT2D eigenvalue weighted by atomic mass is 19.3. The molecule has 1 amide bonds. The molecule has 1 atom stereocenters. The van der Waals surface area contributed by atoms with Crippen LogP contribution in [0.5, 0.6) is 5.75 Å². The monoisotopic (exact) mass is 414 g/mol. The highest BCUT2D eigenvalue weighted by Crippen LogP contribution is 2.43. The maximum Gasteiger partial charge on any atom is 0.387 e. The van der Waals surface area contributed by atoms with Gasteiger partial charge in [-0.2, -0.15) is 8.78 Å². The van der Waals surface area contributed by atoms with Crippen molar-refractivity contribution in [2.24, 2.45) is 5.41 Å². The summed E-state index contributed by atoms with van der Waals surface area (Å²) < 4.78 is 31.3. The molecule has 4 nitrogen and oxygen atoms in total. The van der Waals surface area contributed by atoms with Crippen molar-refractivity contribution in [1.82, 2.24) is 4.90 Å². The van der Waals surface area contributed by atoms with E-state index in [2.05, 4.69) is 5.32 Å². The first-order valence-corrected chi connectivity index (χ1v) is 10.4. The zero-order valence-corrected chi connectivity index (χ0v) is 17.8. The molecule has 0 spiro atoms. The average Bonchev–Trinajstić information content (AvgIpc) is 3.43. The molecule has 1 saturated carbocycles. The summed E-state index contributed by atoms with van der Waals surface area (Å²) >= 11 is 0. The minimum absolute atomic E-state index is 0.0135. The molecule has 160 valence electrons. The standard InChI is InChI=1S/C24H28F2N2O2/c1-14-18-11-8-15(12-16(18)13-28(14)22(29)24(2,3)4)19-6-5-7-20(27-17-9-10-17)21(19)30-23(25)26/h5-8,11-12,14,17,23,27H,9-10,13H2,1-4H3. The summed E-state index contributed by atoms with van der Waals surface area (Å²) in [5, 5.41) is 3.29. The van der Waals surface area contributed by atoms with Gasteiger partial charge in [-0.1, -0.05) is 45.0 Å². The van der Waals surface area contributed by atoms with Gasteiger partial charge in [-0.3, -0.25) is 4.79 Å². The maximum atomic E-state index is 13.2. The Morgan fingerprint density at radius 3 is 2.57 bits per heavy atom. The molecule has 2 aliphatic rings. The molecule has 2 aromatic rings. The van der Waals surface area contributed by atoms with Crippen molar-refractivity contribution in [2.45, 2.75) is 65.8 Å². The van der Waals surface area contributed by atoms with Crippen LogP contribution in [0.2, 0.25) is 0 Å². The number of fused-ring (bicyclic) bond motifs is 1. The first-order chi connectivity index (χ1) is 14.1. The Bertz CT molecular complexity index is 964. The molecular weight excluding hydrogens is 386 g/mol. The van der Waals surface area contributed by atoms with Crippen LogP contribution in [0.1, 0.15) is 57.7 Å². The van der Waals surface area contributed by atoms with Crippen molar-refractivity contribution in [2.75, 3.05) is 5.32 Å². The Morgan fingerprint density at radius 1 is 1.20 bits per heavy atom. The first-order valence-electron chi connectivity index (χ1n) is 10.4. The average molecular weight is 414 g/mol. The van der Waals surface area contributed by atoms with E-state index in [1.54, 1.807) is 12.1 Å². The van der Waals surface area contributed by atoms with Crippen molar-refractivity contribution in [3.8, 4) is 16.9 Å². The number of benzene rings is 2. The second-order valence-corrected chi connectivity index (χ2v) is 9.25. The zero-order chi connectivity index (χ0) is 21.6. The van der Waals surface area contributed by atoms with Gasteiger partial charge in [0.15, 0.2) is 5.75 Å². The van der Waals surface area contributed by atoms with E-state index in [-0.39, 0.29) is 17.7 Å². The fourth-order valence-electron chi connectivity index (χ4n) is 4.03. The third-order valence-corrected chi connectivity index (χ3v) is 5.77. The molecular formula is C24H28F2N2O2. The number of carbonyl (C=O) groups excluding carboxylic acids is 1. The summed E-state index contributed by atoms with van der Waals surface area (Å²) in [6, 6.07) is 11.7. The Hall–Kier alpha value is -2.63. The third-order valence-electron chi connectivity index (χ3n) is 5.77. The molecule has 2 aromatic carbocycles. The molecule has 4 rings (SSSR count). The summed E-state index contributed by atoms with van der Waals surface area (Å²) in [4.78, 5) is 14.7. The number of halogens is 2. The first kappa shape index (κ1) is 20.6. The van der Waals surface area contributed by atoms with Crippen molar-refractivity contribution >= 4 is 11.6 Å². The van der Waals surface area contributed by atoms with Gasteiger partial charge in [-0.05, 0) is 48.6 Å². The van der Waals surface area contributed by atoms with Crippen LogP contribution in [0.15, 0.2) is 36.4 Å². The van der Waals surface area contributed by atoms with E-state index in [4.69, 9.17) is 4.74 Å². The smallest absolute Gasteiger partial charge is 0.387 e. The van der Waals surface area contributed by atoms with Gasteiger partial charge in [0.2, 0.25) is 5.91 Å². The molecule has 6 heteroatoms. The second kappa shape index (κ2) is 7.56. The number of para-hydroxylation sites is 1. The van der Waals surface area contributed by atoms with E-state index in [1.165, 1.54) is 0 Å². The Labute approximate surface area is 176 Å². The highest BCUT2D eigenvalue weighted by Gasteiger charge is 2.36. The van der Waals surface area contributed by atoms with Crippen LogP contribution >= 0.6 is 0 Å². The number of alkyl halides is 2. The molecule has 1 aliphatic heterocycles. The largest absolute Gasteiger partial charge is 0.432 e. The molecule has 1 unspecified atom stereocenters. The molecule has 1 heterocycles. The van der Waals surface area contributed by atoms with Crippen LogP contribution in [-0.2, 0) is 11.3 Å². The molecule has 0 radical (unpaired) electrons. The van der Waals surface area contributed by atoms with Gasteiger partial charge in [0, 0.05) is 23.6 Å². The SMILES string of the molecule is CC1c2ccc(-c3cccc(NC4CC4)c3OC(F)F)cc2CN1C(=O)C(C)(C)C. The van der Waals surface area contributed by atoms with Crippen LogP contribution in [0, 0.1) is 5.41 Å². The molecule has 30 heavy (non-hydrogen) atoms. The van der Waals surface area contributed by atoms with Crippen LogP contribution in [-0.4, -0.2) is 23.5 Å². The Balaban J connectivity index is 1.70. The fraction of sp³-hybridized carbons (Fsp3) is 0.458. The Kier molecular flexibility index (Phi) is 5.20. The van der Waals surface area contributed by atoms with E-state index in [1.807, 2.05) is 56.9 Å². The van der Waals surface area contributed by atoms with E-state index < -0.39 is 12.0 Å². The van der Waals surface area contributed by atoms with Gasteiger partial charge < -0.3 is 15.0 Å². The Morgan fingerprint density at radius 2 is 1.93 bits per heavy atom. The van der Waals surface area contributed by atoms with Crippen molar-refractivity contribution in [3.05, 3.63) is 47.5 Å².